The van der Waals surface area contributed by atoms with Gasteiger partial charge in [0.2, 0.25) is 11.8 Å². The summed E-state index contributed by atoms with van der Waals surface area (Å²) < 4.78 is 5.05. The van der Waals surface area contributed by atoms with Gasteiger partial charge in [0.15, 0.2) is 0 Å². The fraction of sp³-hybridized carbons (Fsp3) is 0.216. The van der Waals surface area contributed by atoms with Crippen molar-refractivity contribution >= 4 is 81.1 Å². The number of nitrogens with zero attached hydrogens (tertiary/aromatic N) is 1. The Labute approximate surface area is 303 Å². The number of carbonyl (C=O) groups is 5. The zero-order valence-corrected chi connectivity index (χ0v) is 30.0. The van der Waals surface area contributed by atoms with E-state index < -0.39 is 23.0 Å². The molecular formula is C37H35ClN4O6S2. The van der Waals surface area contributed by atoms with Crippen molar-refractivity contribution in [3.8, 4) is 0 Å². The number of fused-ring (bicyclic) bond motifs is 1. The molecule has 1 aliphatic rings. The molecule has 13 heteroatoms. The maximum Gasteiger partial charge on any atom is 0.341 e. The Kier molecular flexibility index (Phi) is 12.1. The van der Waals surface area contributed by atoms with Crippen LogP contribution in [0.3, 0.4) is 0 Å². The molecule has 0 radical (unpaired) electrons. The molecule has 4 aromatic rings. The Morgan fingerprint density at radius 3 is 2.46 bits per heavy atom. The molecule has 0 aliphatic carbocycles. The number of ether oxygens (including phenoxy) is 1. The van der Waals surface area contributed by atoms with Gasteiger partial charge in [0, 0.05) is 39.5 Å². The lowest BCUT2D eigenvalue weighted by atomic mass is 10.0. The van der Waals surface area contributed by atoms with Gasteiger partial charge in [-0.15, -0.1) is 23.1 Å². The third-order valence-electron chi connectivity index (χ3n) is 7.85. The smallest absolute Gasteiger partial charge is 0.341 e. The minimum Gasteiger partial charge on any atom is -0.465 e. The van der Waals surface area contributed by atoms with Gasteiger partial charge < -0.3 is 25.6 Å². The molecular weight excluding hydrogens is 696 g/mol. The monoisotopic (exact) mass is 730 g/mol. The number of carbonyl (C=O) groups excluding carboxylic acids is 5. The predicted molar refractivity (Wildman–Crippen MR) is 197 cm³/mol. The quantitative estimate of drug-likeness (QED) is 0.0859. The van der Waals surface area contributed by atoms with Crippen molar-refractivity contribution in [2.75, 3.05) is 24.3 Å². The second kappa shape index (κ2) is 16.7. The highest BCUT2D eigenvalue weighted by Gasteiger charge is 2.31. The summed E-state index contributed by atoms with van der Waals surface area (Å²) in [6.07, 6.45) is 2.50. The zero-order chi connectivity index (χ0) is 35.8. The molecule has 0 fully saturated rings. The molecule has 258 valence electrons. The first kappa shape index (κ1) is 36.4. The van der Waals surface area contributed by atoms with Gasteiger partial charge in [0.25, 0.3) is 11.8 Å². The lowest BCUT2D eigenvalue weighted by molar-refractivity contribution is -0.129. The molecule has 3 aromatic carbocycles. The minimum atomic E-state index is -0.554. The van der Waals surface area contributed by atoms with E-state index in [0.29, 0.717) is 63.2 Å². The number of rotatable bonds is 11. The lowest BCUT2D eigenvalue weighted by Gasteiger charge is -2.25. The fourth-order valence-corrected chi connectivity index (χ4v) is 7.77. The van der Waals surface area contributed by atoms with Crippen molar-refractivity contribution in [2.45, 2.75) is 43.4 Å². The van der Waals surface area contributed by atoms with Gasteiger partial charge in [-0.2, -0.15) is 0 Å². The van der Waals surface area contributed by atoms with Crippen LogP contribution in [-0.2, 0) is 32.1 Å². The number of halogens is 1. The van der Waals surface area contributed by atoms with Crippen molar-refractivity contribution in [1.29, 1.82) is 0 Å². The normalized spacial score (nSPS) is 13.1. The summed E-state index contributed by atoms with van der Waals surface area (Å²) in [4.78, 5) is 68.2. The zero-order valence-electron chi connectivity index (χ0n) is 27.6. The predicted octanol–water partition coefficient (Wildman–Crippen LogP) is 7.01. The first-order valence-electron chi connectivity index (χ1n) is 15.8. The van der Waals surface area contributed by atoms with Crippen LogP contribution < -0.4 is 16.0 Å². The summed E-state index contributed by atoms with van der Waals surface area (Å²) in [6.45, 7) is 4.24. The summed E-state index contributed by atoms with van der Waals surface area (Å²) in [5.74, 6) is -1.90. The van der Waals surface area contributed by atoms with E-state index in [4.69, 9.17) is 16.3 Å². The van der Waals surface area contributed by atoms with E-state index in [1.54, 1.807) is 83.8 Å². The van der Waals surface area contributed by atoms with Gasteiger partial charge in [-0.3, -0.25) is 19.2 Å². The molecule has 1 aromatic heterocycles. The largest absolute Gasteiger partial charge is 0.465 e. The Morgan fingerprint density at radius 1 is 1.00 bits per heavy atom. The Hall–Kier alpha value is -4.91. The number of hydrogen-bond donors (Lipinski definition) is 3. The van der Waals surface area contributed by atoms with Gasteiger partial charge in [-0.25, -0.2) is 4.79 Å². The molecule has 5 rings (SSSR count). The van der Waals surface area contributed by atoms with Crippen LogP contribution in [0.2, 0.25) is 5.02 Å². The lowest BCUT2D eigenvalue weighted by Crippen LogP contribution is -2.34. The van der Waals surface area contributed by atoms with Crippen LogP contribution >= 0.6 is 34.7 Å². The molecule has 4 amide bonds. The maximum atomic E-state index is 13.6. The maximum absolute atomic E-state index is 13.6. The number of anilines is 2. The first-order valence-corrected chi connectivity index (χ1v) is 17.8. The van der Waals surface area contributed by atoms with E-state index in [1.165, 1.54) is 37.1 Å². The summed E-state index contributed by atoms with van der Waals surface area (Å²) in [5.41, 5.74) is 2.60. The van der Waals surface area contributed by atoms with Crippen molar-refractivity contribution < 1.29 is 28.7 Å². The van der Waals surface area contributed by atoms with Gasteiger partial charge in [-0.05, 0) is 72.5 Å². The van der Waals surface area contributed by atoms with Gasteiger partial charge in [0.1, 0.15) is 10.7 Å². The number of thiophene rings is 1. The molecule has 50 heavy (non-hydrogen) atoms. The number of methoxy groups -OCH3 is 1. The number of nitrogens with one attached hydrogen (secondary N) is 3. The van der Waals surface area contributed by atoms with Crippen molar-refractivity contribution in [2.24, 2.45) is 0 Å². The molecule has 2 heterocycles. The molecule has 0 spiro atoms. The number of benzene rings is 3. The van der Waals surface area contributed by atoms with Crippen LogP contribution in [-0.4, -0.2) is 53.4 Å². The molecule has 1 unspecified atom stereocenters. The summed E-state index contributed by atoms with van der Waals surface area (Å²) in [6, 6.07) is 22.5. The van der Waals surface area contributed by atoms with Crippen LogP contribution in [0, 0.1) is 0 Å². The average Bonchev–Trinajstić information content (AvgIpc) is 3.47. The summed E-state index contributed by atoms with van der Waals surface area (Å²) >= 11 is 8.75. The van der Waals surface area contributed by atoms with Gasteiger partial charge in [-0.1, -0.05) is 54.9 Å². The highest BCUT2D eigenvalue weighted by atomic mass is 35.5. The average molecular weight is 731 g/mol. The van der Waals surface area contributed by atoms with E-state index in [2.05, 4.69) is 16.0 Å². The van der Waals surface area contributed by atoms with Crippen LogP contribution in [0.25, 0.3) is 6.08 Å². The van der Waals surface area contributed by atoms with Gasteiger partial charge >= 0.3 is 5.97 Å². The Morgan fingerprint density at radius 2 is 1.76 bits per heavy atom. The molecule has 0 bridgehead atoms. The van der Waals surface area contributed by atoms with E-state index in [-0.39, 0.29) is 17.5 Å². The number of hydrogen-bond acceptors (Lipinski definition) is 8. The van der Waals surface area contributed by atoms with E-state index in [9.17, 15) is 24.0 Å². The summed E-state index contributed by atoms with van der Waals surface area (Å²) in [5, 5.41) is 8.85. The van der Waals surface area contributed by atoms with E-state index in [1.807, 2.05) is 13.0 Å². The number of esters is 1. The topological polar surface area (TPSA) is 134 Å². The highest BCUT2D eigenvalue weighted by Crippen LogP contribution is 2.38. The fourth-order valence-electron chi connectivity index (χ4n) is 5.31. The second-order valence-electron chi connectivity index (χ2n) is 11.3. The van der Waals surface area contributed by atoms with Crippen molar-refractivity contribution in [3.63, 3.8) is 0 Å². The van der Waals surface area contributed by atoms with Crippen molar-refractivity contribution in [3.05, 3.63) is 117 Å². The standard InChI is InChI=1S/C37H35ClN4O6S2/c1-4-30(35(46)41-36-32(37(47)48-3)28-16-17-42(22(2)43)21-31(28)50-36)49-27-15-9-14-26(20-27)39-34(45)29(19-23-10-8-13-25(38)18-23)40-33(44)24-11-6-5-7-12-24/h5-15,18-20,30H,4,16-17,21H2,1-3H3,(H,39,45)(H,40,44)(H,41,46)/b29-19-. The molecule has 0 saturated carbocycles. The van der Waals surface area contributed by atoms with E-state index in [0.717, 1.165) is 10.4 Å². The van der Waals surface area contributed by atoms with Crippen LogP contribution in [0.4, 0.5) is 10.7 Å². The van der Waals surface area contributed by atoms with Crippen LogP contribution in [0.5, 0.6) is 0 Å². The van der Waals surface area contributed by atoms with E-state index >= 15 is 0 Å². The second-order valence-corrected chi connectivity index (χ2v) is 14.1. The summed E-state index contributed by atoms with van der Waals surface area (Å²) in [7, 11) is 1.30. The number of amides is 4. The highest BCUT2D eigenvalue weighted by molar-refractivity contribution is 8.00. The molecule has 1 aliphatic heterocycles. The SMILES string of the molecule is CCC(Sc1cccc(NC(=O)/C(=C/c2cccc(Cl)c2)NC(=O)c2ccccc2)c1)C(=O)Nc1sc2c(c1C(=O)OC)CCN(C(C)=O)C2. The Bertz CT molecular complexity index is 1960. The third kappa shape index (κ3) is 9.00. The molecule has 3 N–H and O–H groups in total. The molecule has 10 nitrogen and oxygen atoms in total. The molecule has 0 saturated heterocycles. The number of thioether (sulfide) groups is 1. The Balaban J connectivity index is 1.32. The first-order chi connectivity index (χ1) is 24.1. The third-order valence-corrected chi connectivity index (χ3v) is 10.6. The minimum absolute atomic E-state index is 0.0106. The van der Waals surface area contributed by atoms with Gasteiger partial charge in [0.05, 0.1) is 24.5 Å². The van der Waals surface area contributed by atoms with Crippen LogP contribution in [0.15, 0.2) is 89.5 Å². The van der Waals surface area contributed by atoms with Crippen LogP contribution in [0.1, 0.15) is 57.0 Å². The molecule has 1 atom stereocenters. The van der Waals surface area contributed by atoms with Crippen molar-refractivity contribution in [1.82, 2.24) is 10.2 Å².